The molecule has 2 atom stereocenters. The predicted molar refractivity (Wildman–Crippen MR) is 169 cm³/mol. The van der Waals surface area contributed by atoms with E-state index in [1.807, 2.05) is 35.5 Å². The number of aromatic nitrogens is 1. The number of pyridine rings is 1. The van der Waals surface area contributed by atoms with Gasteiger partial charge in [0.2, 0.25) is 0 Å². The van der Waals surface area contributed by atoms with E-state index in [-0.39, 0.29) is 17.7 Å². The van der Waals surface area contributed by atoms with Crippen LogP contribution in [-0.4, -0.2) is 35.8 Å². The fraction of sp³-hybridized carbons (Fsp3) is 0.576. The molecule has 9 heteroatoms. The van der Waals surface area contributed by atoms with Gasteiger partial charge in [0.05, 0.1) is 16.9 Å². The summed E-state index contributed by atoms with van der Waals surface area (Å²) in [5.74, 6) is 1.80. The SMILES string of the molecule is CCCC1CN(c2cc(N3C=CC(OCCC4C5(CC5)C45CC5)N3)ccc2C(=O)NSc2cccc(N)n2)C(C)(C)C1. The van der Waals surface area contributed by atoms with Crippen molar-refractivity contribution in [3.63, 3.8) is 0 Å². The topological polar surface area (TPSA) is 95.8 Å². The molecular formula is C33H44N6O2S. The zero-order valence-electron chi connectivity index (χ0n) is 25.1. The molecule has 42 heavy (non-hydrogen) atoms. The largest absolute Gasteiger partial charge is 0.384 e. The lowest BCUT2D eigenvalue weighted by Gasteiger charge is -2.35. The predicted octanol–water partition coefficient (Wildman–Crippen LogP) is 6.27. The van der Waals surface area contributed by atoms with E-state index in [4.69, 9.17) is 10.5 Å². The molecule has 1 aromatic carbocycles. The van der Waals surface area contributed by atoms with Gasteiger partial charge < -0.3 is 15.4 Å². The first kappa shape index (κ1) is 28.0. The van der Waals surface area contributed by atoms with Crippen LogP contribution in [0, 0.1) is 22.7 Å². The number of carbonyl (C=O) groups excluding carboxylic acids is 1. The number of anilines is 3. The van der Waals surface area contributed by atoms with Crippen molar-refractivity contribution in [1.82, 2.24) is 15.1 Å². The maximum Gasteiger partial charge on any atom is 0.263 e. The summed E-state index contributed by atoms with van der Waals surface area (Å²) in [6.45, 7) is 8.57. The number of nitrogen functional groups attached to an aromatic ring is 1. The summed E-state index contributed by atoms with van der Waals surface area (Å²) < 4.78 is 9.26. The van der Waals surface area contributed by atoms with Crippen LogP contribution in [0.25, 0.3) is 0 Å². The van der Waals surface area contributed by atoms with Gasteiger partial charge in [-0.05, 0) is 118 Å². The van der Waals surface area contributed by atoms with Gasteiger partial charge in [0.25, 0.3) is 5.91 Å². The number of carbonyl (C=O) groups is 1. The smallest absolute Gasteiger partial charge is 0.263 e. The summed E-state index contributed by atoms with van der Waals surface area (Å²) in [7, 11) is 0. The highest BCUT2D eigenvalue weighted by atomic mass is 32.2. The molecule has 2 spiro atoms. The molecule has 2 aliphatic heterocycles. The number of amides is 1. The van der Waals surface area contributed by atoms with E-state index in [9.17, 15) is 4.79 Å². The van der Waals surface area contributed by atoms with E-state index in [0.29, 0.717) is 22.3 Å². The minimum absolute atomic E-state index is 0.0589. The van der Waals surface area contributed by atoms with E-state index >= 15 is 0 Å². The molecule has 2 aromatic rings. The zero-order chi connectivity index (χ0) is 29.1. The molecule has 3 saturated carbocycles. The normalized spacial score (nSPS) is 25.9. The molecule has 2 unspecified atom stereocenters. The highest BCUT2D eigenvalue weighted by Gasteiger charge is 2.85. The van der Waals surface area contributed by atoms with Crippen molar-refractivity contribution in [2.45, 2.75) is 88.9 Å². The maximum absolute atomic E-state index is 13.6. The van der Waals surface area contributed by atoms with Gasteiger partial charge in [0.15, 0.2) is 0 Å². The second-order valence-electron chi connectivity index (χ2n) is 13.7. The standard InChI is InChI=1S/C33H44N6O2S/c1-4-6-22-20-31(2,3)38(21-22)25-19-23(9-10-24(25)30(40)37-42-29-8-5-7-27(34)35-29)39-17-11-28(36-39)41-18-12-26-32(13-14-32)33(26)15-16-33/h5,7-11,17,19,22,26,28,36H,4,6,12-16,18,20-21H2,1-3H3,(H2,34,35)(H,37,40). The number of nitrogens with two attached hydrogens (primary N) is 1. The van der Waals surface area contributed by atoms with Crippen LogP contribution in [0.15, 0.2) is 53.7 Å². The molecule has 3 aliphatic carbocycles. The molecule has 0 radical (unpaired) electrons. The fourth-order valence-electron chi connectivity index (χ4n) is 8.45. The number of benzene rings is 1. The molecule has 5 aliphatic rings. The van der Waals surface area contributed by atoms with E-state index in [2.05, 4.69) is 52.9 Å². The van der Waals surface area contributed by atoms with Crippen LogP contribution in [0.2, 0.25) is 0 Å². The molecule has 7 rings (SSSR count). The quantitative estimate of drug-likeness (QED) is 0.265. The van der Waals surface area contributed by atoms with Crippen LogP contribution in [0.5, 0.6) is 0 Å². The van der Waals surface area contributed by atoms with Crippen molar-refractivity contribution in [3.8, 4) is 0 Å². The van der Waals surface area contributed by atoms with Gasteiger partial charge in [-0.25, -0.2) is 4.98 Å². The van der Waals surface area contributed by atoms with Crippen molar-refractivity contribution < 1.29 is 9.53 Å². The lowest BCUT2D eigenvalue weighted by atomic mass is 9.93. The minimum Gasteiger partial charge on any atom is -0.384 e. The number of hydrazine groups is 1. The van der Waals surface area contributed by atoms with E-state index in [0.717, 1.165) is 47.7 Å². The first-order valence-electron chi connectivity index (χ1n) is 15.7. The summed E-state index contributed by atoms with van der Waals surface area (Å²) in [5.41, 5.74) is 13.3. The van der Waals surface area contributed by atoms with Crippen molar-refractivity contribution in [1.29, 1.82) is 0 Å². The number of hydrogen-bond donors (Lipinski definition) is 3. The molecule has 224 valence electrons. The van der Waals surface area contributed by atoms with Gasteiger partial charge in [-0.15, -0.1) is 0 Å². The molecule has 1 aromatic heterocycles. The lowest BCUT2D eigenvalue weighted by molar-refractivity contribution is 0.0625. The molecule has 3 heterocycles. The number of ether oxygens (including phenoxy) is 1. The summed E-state index contributed by atoms with van der Waals surface area (Å²) >= 11 is 1.19. The minimum atomic E-state index is -0.145. The Balaban J connectivity index is 1.05. The highest BCUT2D eigenvalue weighted by molar-refractivity contribution is 7.97. The molecule has 0 bridgehead atoms. The third-order valence-electron chi connectivity index (χ3n) is 10.6. The number of nitrogens with zero attached hydrogens (tertiary/aromatic N) is 3. The first-order valence-corrected chi connectivity index (χ1v) is 16.5. The Hall–Kier alpha value is -2.75. The average molecular weight is 589 g/mol. The van der Waals surface area contributed by atoms with Gasteiger partial charge in [-0.3, -0.25) is 14.5 Å². The third kappa shape index (κ3) is 4.97. The molecule has 1 amide bonds. The van der Waals surface area contributed by atoms with Crippen molar-refractivity contribution in [3.05, 3.63) is 54.2 Å². The fourth-order valence-corrected chi connectivity index (χ4v) is 9.05. The van der Waals surface area contributed by atoms with Crippen molar-refractivity contribution in [2.24, 2.45) is 22.7 Å². The maximum atomic E-state index is 13.6. The number of hydrogen-bond acceptors (Lipinski definition) is 8. The summed E-state index contributed by atoms with van der Waals surface area (Å²) in [6, 6.07) is 11.5. The molecule has 8 nitrogen and oxygen atoms in total. The molecule has 4 N–H and O–H groups in total. The van der Waals surface area contributed by atoms with E-state index < -0.39 is 0 Å². The van der Waals surface area contributed by atoms with Crippen LogP contribution >= 0.6 is 11.9 Å². The van der Waals surface area contributed by atoms with Crippen LogP contribution < -0.4 is 25.8 Å². The van der Waals surface area contributed by atoms with Crippen molar-refractivity contribution >= 4 is 35.0 Å². The van der Waals surface area contributed by atoms with Gasteiger partial charge >= 0.3 is 0 Å². The number of rotatable bonds is 11. The van der Waals surface area contributed by atoms with Gasteiger partial charge in [-0.2, -0.15) is 5.43 Å². The summed E-state index contributed by atoms with van der Waals surface area (Å²) in [5, 5.41) is 2.68. The number of fused-ring (bicyclic) bond motifs is 1. The third-order valence-corrected chi connectivity index (χ3v) is 11.4. The van der Waals surface area contributed by atoms with Gasteiger partial charge in [0, 0.05) is 36.8 Å². The average Bonchev–Trinajstić information content (AvgIpc) is 3.92. The van der Waals surface area contributed by atoms with Gasteiger partial charge in [-0.1, -0.05) is 19.4 Å². The second kappa shape index (κ2) is 10.5. The first-order chi connectivity index (χ1) is 20.2. The van der Waals surface area contributed by atoms with Crippen LogP contribution in [0.3, 0.4) is 0 Å². The van der Waals surface area contributed by atoms with Crippen molar-refractivity contribution in [2.75, 3.05) is 28.8 Å². The Bertz CT molecular complexity index is 1370. The Labute approximate surface area is 253 Å². The monoisotopic (exact) mass is 588 g/mol. The van der Waals surface area contributed by atoms with Gasteiger partial charge in [0.1, 0.15) is 17.1 Å². The van der Waals surface area contributed by atoms with Crippen LogP contribution in [-0.2, 0) is 4.74 Å². The lowest BCUT2D eigenvalue weighted by Crippen LogP contribution is -2.40. The highest BCUT2D eigenvalue weighted by Crippen LogP contribution is 2.93. The molecule has 1 saturated heterocycles. The Morgan fingerprint density at radius 1 is 1.17 bits per heavy atom. The zero-order valence-corrected chi connectivity index (χ0v) is 25.9. The second-order valence-corrected chi connectivity index (χ2v) is 14.5. The molecule has 4 fully saturated rings. The van der Waals surface area contributed by atoms with Crippen LogP contribution in [0.4, 0.5) is 17.2 Å². The van der Waals surface area contributed by atoms with E-state index in [1.54, 1.807) is 6.07 Å². The van der Waals surface area contributed by atoms with Crippen LogP contribution in [0.1, 0.15) is 82.5 Å². The summed E-state index contributed by atoms with van der Waals surface area (Å²) in [4.78, 5) is 20.3. The Morgan fingerprint density at radius 2 is 1.95 bits per heavy atom. The van der Waals surface area contributed by atoms with E-state index in [1.165, 1.54) is 56.9 Å². The Morgan fingerprint density at radius 3 is 2.67 bits per heavy atom. The summed E-state index contributed by atoms with van der Waals surface area (Å²) in [6.07, 6.45) is 14.4. The molecular weight excluding hydrogens is 544 g/mol. The Kier molecular flexibility index (Phi) is 6.98. The number of nitrogens with one attached hydrogen (secondary N) is 2.